The van der Waals surface area contributed by atoms with Crippen LogP contribution >= 0.6 is 0 Å². The number of hydrogen-bond donors (Lipinski definition) is 3. The first-order valence-electron chi connectivity index (χ1n) is 12.6. The zero-order chi connectivity index (χ0) is 25.5. The molecule has 3 saturated heterocycles. The summed E-state index contributed by atoms with van der Waals surface area (Å²) in [5.74, 6) is -0.949. The van der Waals surface area contributed by atoms with Gasteiger partial charge < -0.3 is 30.5 Å². The van der Waals surface area contributed by atoms with Gasteiger partial charge in [-0.2, -0.15) is 0 Å². The molecule has 3 aliphatic rings. The fourth-order valence-electron chi connectivity index (χ4n) is 5.07. The Morgan fingerprint density at radius 3 is 2.69 bits per heavy atom. The highest BCUT2D eigenvalue weighted by Gasteiger charge is 2.35. The van der Waals surface area contributed by atoms with Crippen LogP contribution in [0.2, 0.25) is 0 Å². The van der Waals surface area contributed by atoms with E-state index in [1.54, 1.807) is 4.90 Å². The lowest BCUT2D eigenvalue weighted by Crippen LogP contribution is -2.55. The second-order valence-corrected chi connectivity index (χ2v) is 9.58. The van der Waals surface area contributed by atoms with Gasteiger partial charge in [0, 0.05) is 38.2 Å². The third kappa shape index (κ3) is 6.79. The van der Waals surface area contributed by atoms with Gasteiger partial charge in [-0.25, -0.2) is 4.39 Å². The van der Waals surface area contributed by atoms with E-state index in [1.165, 1.54) is 29.2 Å². The Morgan fingerprint density at radius 1 is 1.11 bits per heavy atom. The van der Waals surface area contributed by atoms with Crippen LogP contribution in [-0.4, -0.2) is 98.5 Å². The zero-order valence-corrected chi connectivity index (χ0v) is 20.3. The Hall–Kier alpha value is -3.05. The first kappa shape index (κ1) is 26.0. The molecule has 4 rings (SSSR count). The lowest BCUT2D eigenvalue weighted by Gasteiger charge is -2.38. The van der Waals surface area contributed by atoms with Gasteiger partial charge in [0.1, 0.15) is 5.82 Å². The van der Waals surface area contributed by atoms with Gasteiger partial charge in [0.2, 0.25) is 11.8 Å². The van der Waals surface area contributed by atoms with E-state index in [0.717, 1.165) is 25.9 Å². The van der Waals surface area contributed by atoms with Crippen molar-refractivity contribution >= 4 is 23.6 Å². The minimum absolute atomic E-state index is 0.0345. The number of amides is 4. The smallest absolute Gasteiger partial charge is 0.254 e. The summed E-state index contributed by atoms with van der Waals surface area (Å²) in [4.78, 5) is 54.5. The third-order valence-corrected chi connectivity index (χ3v) is 7.15. The molecule has 36 heavy (non-hydrogen) atoms. The van der Waals surface area contributed by atoms with Gasteiger partial charge in [0.15, 0.2) is 6.10 Å². The number of piperidine rings is 1. The number of ether oxygens (including phenoxy) is 1. The summed E-state index contributed by atoms with van der Waals surface area (Å²) in [5, 5.41) is 8.98. The molecule has 0 spiro atoms. The van der Waals surface area contributed by atoms with Gasteiger partial charge in [-0.05, 0) is 62.0 Å². The van der Waals surface area contributed by atoms with Crippen molar-refractivity contribution in [3.8, 4) is 0 Å². The number of morpholine rings is 1. The standard InChI is InChI=1S/C25H34FN5O5/c26-20-3-1-17(2-4-20)24(34)29-9-10-31-16-22(32)28-8-6-19-14-27-7-5-18(19)13-23(33)30-11-12-36-21(15-30)25(31)35/h1-4,18-19,21,27H,5-16H2,(H,28,32)(H,29,34)/t18-,19-,21-/m0/s1. The van der Waals surface area contributed by atoms with Crippen LogP contribution in [0.25, 0.3) is 0 Å². The summed E-state index contributed by atoms with van der Waals surface area (Å²) in [6, 6.07) is 5.14. The summed E-state index contributed by atoms with van der Waals surface area (Å²) < 4.78 is 18.8. The van der Waals surface area contributed by atoms with E-state index >= 15 is 0 Å². The fourth-order valence-corrected chi connectivity index (χ4v) is 5.07. The number of fused-ring (bicyclic) bond motifs is 3. The van der Waals surface area contributed by atoms with Crippen molar-refractivity contribution < 1.29 is 28.3 Å². The molecule has 1 aromatic rings. The molecule has 2 bridgehead atoms. The number of carbonyl (C=O) groups excluding carboxylic acids is 4. The normalized spacial score (nSPS) is 26.0. The Kier molecular flexibility index (Phi) is 8.87. The van der Waals surface area contributed by atoms with Crippen LogP contribution in [0.1, 0.15) is 29.6 Å². The molecule has 10 nitrogen and oxygen atoms in total. The van der Waals surface area contributed by atoms with E-state index in [2.05, 4.69) is 16.0 Å². The molecule has 11 heteroatoms. The molecule has 1 aromatic carbocycles. The van der Waals surface area contributed by atoms with Crippen LogP contribution in [0.15, 0.2) is 24.3 Å². The number of benzene rings is 1. The molecular formula is C25H34FN5O5. The highest BCUT2D eigenvalue weighted by Crippen LogP contribution is 2.26. The number of carbonyl (C=O) groups is 4. The predicted octanol–water partition coefficient (Wildman–Crippen LogP) is -0.253. The number of nitrogens with one attached hydrogen (secondary N) is 3. The van der Waals surface area contributed by atoms with E-state index < -0.39 is 23.7 Å². The molecule has 3 aliphatic heterocycles. The summed E-state index contributed by atoms with van der Waals surface area (Å²) in [7, 11) is 0. The molecule has 196 valence electrons. The van der Waals surface area contributed by atoms with Crippen LogP contribution in [0.4, 0.5) is 4.39 Å². The maximum Gasteiger partial charge on any atom is 0.254 e. The molecule has 3 fully saturated rings. The van der Waals surface area contributed by atoms with Gasteiger partial charge in [-0.1, -0.05) is 0 Å². The second kappa shape index (κ2) is 12.3. The van der Waals surface area contributed by atoms with E-state index in [4.69, 9.17) is 4.74 Å². The average Bonchev–Trinajstić information content (AvgIpc) is 2.88. The van der Waals surface area contributed by atoms with Crippen molar-refractivity contribution in [3.05, 3.63) is 35.6 Å². The zero-order valence-electron chi connectivity index (χ0n) is 20.3. The number of halogens is 1. The van der Waals surface area contributed by atoms with Crippen molar-refractivity contribution in [2.75, 3.05) is 59.0 Å². The SMILES string of the molecule is O=C1CN(CCNC(=O)c2ccc(F)cc2)C(=O)[C@@H]2CN(CCO2)C(=O)C[C@@H]2CCNC[C@@H]2CCN1. The largest absolute Gasteiger partial charge is 0.365 e. The molecule has 0 unspecified atom stereocenters. The summed E-state index contributed by atoms with van der Waals surface area (Å²) >= 11 is 0. The van der Waals surface area contributed by atoms with E-state index in [-0.39, 0.29) is 50.5 Å². The summed E-state index contributed by atoms with van der Waals surface area (Å²) in [5.41, 5.74) is 0.293. The average molecular weight is 504 g/mol. The number of rotatable bonds is 4. The van der Waals surface area contributed by atoms with Crippen molar-refractivity contribution in [3.63, 3.8) is 0 Å². The lowest BCUT2D eigenvalue weighted by atomic mass is 9.81. The van der Waals surface area contributed by atoms with Gasteiger partial charge >= 0.3 is 0 Å². The van der Waals surface area contributed by atoms with Crippen molar-refractivity contribution in [1.82, 2.24) is 25.8 Å². The minimum Gasteiger partial charge on any atom is -0.365 e. The molecule has 4 amide bonds. The first-order chi connectivity index (χ1) is 17.4. The van der Waals surface area contributed by atoms with E-state index in [9.17, 15) is 23.6 Å². The highest BCUT2D eigenvalue weighted by molar-refractivity contribution is 5.94. The molecule has 0 aromatic heterocycles. The first-order valence-corrected chi connectivity index (χ1v) is 12.6. The predicted molar refractivity (Wildman–Crippen MR) is 128 cm³/mol. The number of nitrogens with zero attached hydrogens (tertiary/aromatic N) is 2. The molecule has 3 N–H and O–H groups in total. The lowest BCUT2D eigenvalue weighted by molar-refractivity contribution is -0.156. The van der Waals surface area contributed by atoms with Gasteiger partial charge in [-0.15, -0.1) is 0 Å². The van der Waals surface area contributed by atoms with Gasteiger partial charge in [-0.3, -0.25) is 19.2 Å². The molecule has 0 radical (unpaired) electrons. The molecule has 0 aliphatic carbocycles. The maximum absolute atomic E-state index is 13.3. The van der Waals surface area contributed by atoms with Crippen LogP contribution in [0.3, 0.4) is 0 Å². The van der Waals surface area contributed by atoms with Crippen molar-refractivity contribution in [2.45, 2.75) is 25.4 Å². The van der Waals surface area contributed by atoms with Gasteiger partial charge in [0.05, 0.1) is 19.7 Å². The van der Waals surface area contributed by atoms with Crippen molar-refractivity contribution in [2.24, 2.45) is 11.8 Å². The highest BCUT2D eigenvalue weighted by atomic mass is 19.1. The van der Waals surface area contributed by atoms with E-state index in [0.29, 0.717) is 31.0 Å². The van der Waals surface area contributed by atoms with E-state index in [1.807, 2.05) is 0 Å². The number of hydrogen-bond acceptors (Lipinski definition) is 6. The fraction of sp³-hybridized carbons (Fsp3) is 0.600. The summed E-state index contributed by atoms with van der Waals surface area (Å²) in [6.07, 6.45) is 1.23. The Balaban J connectivity index is 1.42. The monoisotopic (exact) mass is 503 g/mol. The quantitative estimate of drug-likeness (QED) is 0.521. The Labute approximate surface area is 209 Å². The van der Waals surface area contributed by atoms with Crippen LogP contribution < -0.4 is 16.0 Å². The van der Waals surface area contributed by atoms with Crippen LogP contribution in [0.5, 0.6) is 0 Å². The topological polar surface area (TPSA) is 120 Å². The van der Waals surface area contributed by atoms with Crippen molar-refractivity contribution in [1.29, 1.82) is 0 Å². The molecular weight excluding hydrogens is 469 g/mol. The summed E-state index contributed by atoms with van der Waals surface area (Å²) in [6.45, 7) is 2.99. The second-order valence-electron chi connectivity index (χ2n) is 9.58. The molecule has 3 heterocycles. The van der Waals surface area contributed by atoms with Crippen LogP contribution in [-0.2, 0) is 19.1 Å². The molecule has 3 atom stereocenters. The molecule has 0 saturated carbocycles. The Bertz CT molecular complexity index is 959. The third-order valence-electron chi connectivity index (χ3n) is 7.15. The minimum atomic E-state index is -0.866. The maximum atomic E-state index is 13.3. The Morgan fingerprint density at radius 2 is 1.89 bits per heavy atom. The van der Waals surface area contributed by atoms with Gasteiger partial charge in [0.25, 0.3) is 11.8 Å². The van der Waals surface area contributed by atoms with Crippen LogP contribution in [0, 0.1) is 17.7 Å².